The third-order valence-corrected chi connectivity index (χ3v) is 13.4. The van der Waals surface area contributed by atoms with Crippen LogP contribution in [-0.2, 0) is 20.9 Å². The van der Waals surface area contributed by atoms with E-state index in [-0.39, 0.29) is 62.1 Å². The normalized spacial score (nSPS) is 18.7. The van der Waals surface area contributed by atoms with Crippen LogP contribution in [0.15, 0.2) is 54.0 Å². The van der Waals surface area contributed by atoms with Crippen LogP contribution < -0.4 is 50.0 Å². The van der Waals surface area contributed by atoms with Gasteiger partial charge in [0.15, 0.2) is 11.5 Å². The summed E-state index contributed by atoms with van der Waals surface area (Å²) in [6.07, 6.45) is 4.52. The molecule has 2 saturated heterocycles. The molecule has 2 aromatic carbocycles. The molecule has 1 aliphatic carbocycles. The molecule has 3 amide bonds. The number of ether oxygens (including phenoxy) is 1. The highest BCUT2D eigenvalue weighted by Crippen LogP contribution is 2.41. The fourth-order valence-corrected chi connectivity index (χ4v) is 9.20. The molecule has 2 aromatic heterocycles. The second kappa shape index (κ2) is 21.8. The Labute approximate surface area is 401 Å². The molecule has 2 aliphatic heterocycles. The van der Waals surface area contributed by atoms with Crippen molar-refractivity contribution in [2.75, 3.05) is 56.5 Å². The molecule has 65 heavy (non-hydrogen) atoms. The summed E-state index contributed by atoms with van der Waals surface area (Å²) in [5.74, 6) is -0.589. The topological polar surface area (TPSA) is 199 Å². The van der Waals surface area contributed by atoms with Gasteiger partial charge in [-0.2, -0.15) is 0 Å². The number of halogens is 2. The van der Waals surface area contributed by atoms with Crippen molar-refractivity contribution < 1.29 is 57.7 Å². The van der Waals surface area contributed by atoms with Crippen LogP contribution >= 0.6 is 11.3 Å². The Hall–Kier alpha value is -4.66. The van der Waals surface area contributed by atoms with Crippen LogP contribution in [0.1, 0.15) is 83.4 Å². The number of alkyl halides is 1. The summed E-state index contributed by atoms with van der Waals surface area (Å²) in [5.41, 5.74) is 10.0. The Kier molecular flexibility index (Phi) is 16.7. The van der Waals surface area contributed by atoms with E-state index in [2.05, 4.69) is 35.6 Å². The smallest absolute Gasteiger partial charge is 0.258 e. The van der Waals surface area contributed by atoms with Crippen LogP contribution in [0.2, 0.25) is 0 Å². The number of para-hydroxylation sites is 1. The average Bonchev–Trinajstić information content (AvgIpc) is 3.68. The maximum atomic E-state index is 14.6. The number of carbonyl (C=O) groups excluding carboxylic acids is 3. The second-order valence-corrected chi connectivity index (χ2v) is 19.3. The van der Waals surface area contributed by atoms with Crippen molar-refractivity contribution in [2.24, 2.45) is 5.41 Å². The number of β-amino-alcohol motifs (C(OH)–C–C–N with tert-alkyl or cyclic N) is 1. The molecule has 3 fully saturated rings. The van der Waals surface area contributed by atoms with Crippen LogP contribution in [0, 0.1) is 12.3 Å². The number of aromatic nitrogens is 3. The third kappa shape index (κ3) is 12.4. The number of anilines is 2. The fraction of sp³-hybridized carbons (Fsp3) is 0.532. The number of aliphatic hydroxyl groups excluding tert-OH is 1. The van der Waals surface area contributed by atoms with Crippen LogP contribution in [0.3, 0.4) is 0 Å². The van der Waals surface area contributed by atoms with E-state index in [0.29, 0.717) is 29.4 Å². The Morgan fingerprint density at radius 1 is 1.02 bits per heavy atom. The van der Waals surface area contributed by atoms with E-state index in [1.165, 1.54) is 4.90 Å². The molecule has 0 unspecified atom stereocenters. The van der Waals surface area contributed by atoms with E-state index in [9.17, 15) is 29.0 Å². The number of piperazine rings is 1. The number of nitrogens with zero attached hydrogens (tertiary/aromatic N) is 6. The van der Waals surface area contributed by atoms with Crippen LogP contribution in [0.25, 0.3) is 21.7 Å². The molecule has 7 rings (SSSR count). The van der Waals surface area contributed by atoms with Gasteiger partial charge in [0.2, 0.25) is 11.8 Å². The highest BCUT2D eigenvalue weighted by molar-refractivity contribution is 7.13. The lowest BCUT2D eigenvalue weighted by Crippen LogP contribution is -3.00. The number of aromatic hydroxyl groups is 1. The number of thiazole rings is 1. The van der Waals surface area contributed by atoms with Gasteiger partial charge in [-0.1, -0.05) is 64.3 Å². The lowest BCUT2D eigenvalue weighted by Gasteiger charge is -2.36. The number of phenolic OH excluding ortho intramolecular Hbond substituents is 1. The number of phenols is 1. The number of benzene rings is 2. The van der Waals surface area contributed by atoms with Crippen molar-refractivity contribution in [3.8, 4) is 33.2 Å². The number of hydrogen-bond donors (Lipinski definition) is 5. The highest BCUT2D eigenvalue weighted by Gasteiger charge is 2.53. The SMILES string of the molecule is Cc1ncsc1-c1ccc(CNC(=O)[C@@H]2C[C@@H](O)CN2C(=O)[C@@H](NC(=O)C2(F)CC2)C(C)(C)C)c(OCCCCCCCN2CCN(c3cc(-c4ccccc4O)nnc3N)CC2)c1.[I-]. The number of nitrogens with two attached hydrogens (primary N) is 1. The molecule has 1 saturated carbocycles. The lowest BCUT2D eigenvalue weighted by molar-refractivity contribution is -0.145. The Morgan fingerprint density at radius 2 is 1.74 bits per heavy atom. The zero-order valence-corrected chi connectivity index (χ0v) is 40.7. The number of nitrogens with one attached hydrogen (secondary N) is 2. The predicted octanol–water partition coefficient (Wildman–Crippen LogP) is 2.63. The number of rotatable bonds is 18. The summed E-state index contributed by atoms with van der Waals surface area (Å²) >= 11 is 1.55. The molecule has 3 aliphatic rings. The molecule has 4 heterocycles. The van der Waals surface area contributed by atoms with Gasteiger partial charge in [0.25, 0.3) is 5.91 Å². The second-order valence-electron chi connectivity index (χ2n) is 18.4. The van der Waals surface area contributed by atoms with Crippen molar-refractivity contribution in [3.63, 3.8) is 0 Å². The monoisotopic (exact) mass is 1030 g/mol. The van der Waals surface area contributed by atoms with Gasteiger partial charge < -0.3 is 65.1 Å². The maximum Gasteiger partial charge on any atom is 0.258 e. The van der Waals surface area contributed by atoms with E-state index in [4.69, 9.17) is 10.5 Å². The van der Waals surface area contributed by atoms with Gasteiger partial charge in [-0.05, 0) is 74.4 Å². The number of hydrogen-bond acceptors (Lipinski definition) is 13. The first-order valence-electron chi connectivity index (χ1n) is 22.4. The zero-order chi connectivity index (χ0) is 45.6. The number of aliphatic hydroxyl groups is 1. The molecule has 4 aromatic rings. The van der Waals surface area contributed by atoms with Gasteiger partial charge in [0, 0.05) is 56.8 Å². The molecular formula is C47H62FIN9O6S-. The molecule has 352 valence electrons. The van der Waals surface area contributed by atoms with Gasteiger partial charge in [-0.15, -0.1) is 21.5 Å². The first-order valence-corrected chi connectivity index (χ1v) is 23.3. The predicted molar refractivity (Wildman–Crippen MR) is 245 cm³/mol. The van der Waals surface area contributed by atoms with Gasteiger partial charge >= 0.3 is 0 Å². The van der Waals surface area contributed by atoms with Crippen LogP contribution in [-0.4, -0.2) is 123 Å². The van der Waals surface area contributed by atoms with E-state index in [1.807, 2.05) is 48.8 Å². The van der Waals surface area contributed by atoms with E-state index in [0.717, 1.165) is 92.2 Å². The summed E-state index contributed by atoms with van der Waals surface area (Å²) in [6, 6.07) is 12.8. The lowest BCUT2D eigenvalue weighted by atomic mass is 9.85. The van der Waals surface area contributed by atoms with Crippen molar-refractivity contribution in [1.82, 2.24) is 35.6 Å². The molecule has 15 nitrogen and oxygen atoms in total. The maximum absolute atomic E-state index is 14.6. The Balaban J connectivity index is 0.00000700. The molecule has 18 heteroatoms. The van der Waals surface area contributed by atoms with E-state index < -0.39 is 47.0 Å². The summed E-state index contributed by atoms with van der Waals surface area (Å²) < 4.78 is 21.0. The quantitative estimate of drug-likeness (QED) is 0.0723. The summed E-state index contributed by atoms with van der Waals surface area (Å²) in [4.78, 5) is 51.8. The van der Waals surface area contributed by atoms with Crippen molar-refractivity contribution in [1.29, 1.82) is 0 Å². The molecule has 6 N–H and O–H groups in total. The van der Waals surface area contributed by atoms with Crippen molar-refractivity contribution >= 4 is 40.6 Å². The minimum atomic E-state index is -1.96. The Morgan fingerprint density at radius 3 is 2.43 bits per heavy atom. The van der Waals surface area contributed by atoms with Crippen LogP contribution in [0.4, 0.5) is 15.9 Å². The standard InChI is InChI=1S/C47H62FN9O6S.HI/c1-30-40(64-29-51-30)31-14-15-32(27-50-43(60)37-25-33(58)28-57(37)44(61)41(46(2,3)4)52-45(62)47(48)16-17-47)39(24-31)63-23-11-7-5-6-10-18-55-19-21-56(22-20-55)36-26-35(53-54-42(36)49)34-12-8-9-13-38(34)59;/h8-9,12-15,24,26,29,33,37,41,58-59H,5-7,10-11,16-23,25,27-28H2,1-4H3,(H2,49,54)(H,50,60)(H,52,62);1H/p-1/t33-,37+,41-;/m1./s1. The number of carbonyl (C=O) groups is 3. The molecule has 0 bridgehead atoms. The van der Waals surface area contributed by atoms with E-state index in [1.54, 1.807) is 44.2 Å². The first kappa shape index (κ1) is 49.8. The minimum Gasteiger partial charge on any atom is -1.00 e. The third-order valence-electron chi connectivity index (χ3n) is 12.4. The summed E-state index contributed by atoms with van der Waals surface area (Å²) in [7, 11) is 0. The van der Waals surface area contributed by atoms with Gasteiger partial charge in [0.05, 0.1) is 40.2 Å². The summed E-state index contributed by atoms with van der Waals surface area (Å²) in [5, 5.41) is 34.9. The Bertz CT molecular complexity index is 2280. The van der Waals surface area contributed by atoms with E-state index >= 15 is 0 Å². The number of likely N-dealkylation sites (tertiary alicyclic amines) is 1. The molecular weight excluding hydrogens is 965 g/mol. The van der Waals surface area contributed by atoms with Gasteiger partial charge in [0.1, 0.15) is 23.6 Å². The largest absolute Gasteiger partial charge is 1.00 e. The van der Waals surface area contributed by atoms with Crippen LogP contribution in [0.5, 0.6) is 11.5 Å². The summed E-state index contributed by atoms with van der Waals surface area (Å²) in [6.45, 7) is 12.4. The van der Waals surface area contributed by atoms with Crippen molar-refractivity contribution in [3.05, 3.63) is 65.3 Å². The number of unbranched alkanes of at least 4 members (excludes halogenated alkanes) is 4. The van der Waals surface area contributed by atoms with Gasteiger partial charge in [-0.25, -0.2) is 9.37 Å². The number of aryl methyl sites for hydroxylation is 1. The number of nitrogen functional groups attached to an aromatic ring is 1. The average molecular weight is 1030 g/mol. The molecule has 3 atom stereocenters. The number of amides is 3. The highest BCUT2D eigenvalue weighted by atomic mass is 127. The first-order chi connectivity index (χ1) is 30.6. The molecule has 0 spiro atoms. The fourth-order valence-electron chi connectivity index (χ4n) is 8.40. The molecule has 0 radical (unpaired) electrons. The van der Waals surface area contributed by atoms with Gasteiger partial charge in [-0.3, -0.25) is 19.3 Å². The minimum absolute atomic E-state index is 0. The van der Waals surface area contributed by atoms with Crippen molar-refractivity contribution in [2.45, 2.75) is 109 Å². The zero-order valence-electron chi connectivity index (χ0n) is 37.7.